The smallest absolute Gasteiger partial charge is 0.264 e. The Morgan fingerprint density at radius 3 is 2.45 bits per heavy atom. The van der Waals surface area contributed by atoms with Crippen LogP contribution in [0.2, 0.25) is 0 Å². The Labute approximate surface area is 275 Å². The first-order valence-corrected chi connectivity index (χ1v) is 17.7. The molecule has 0 bridgehead atoms. The van der Waals surface area contributed by atoms with Crippen LogP contribution < -0.4 is 4.90 Å². The molecular weight excluding hydrogens is 600 g/mol. The predicted octanol–water partition coefficient (Wildman–Crippen LogP) is 5.93. The fourth-order valence-electron chi connectivity index (χ4n) is 9.50. The van der Waals surface area contributed by atoms with E-state index in [1.54, 1.807) is 37.1 Å². The molecule has 2 saturated carbocycles. The summed E-state index contributed by atoms with van der Waals surface area (Å²) in [5.41, 5.74) is 5.77. The maximum Gasteiger partial charge on any atom is 0.264 e. The van der Waals surface area contributed by atoms with Crippen molar-refractivity contribution in [3.05, 3.63) is 46.9 Å². The molecule has 252 valence electrons. The number of hydrogen-bond donors (Lipinski definition) is 1. The van der Waals surface area contributed by atoms with Gasteiger partial charge in [-0.05, 0) is 92.9 Å². The minimum atomic E-state index is -2.63. The number of aliphatic hydroxyl groups excluding tert-OH is 1. The largest absolute Gasteiger partial charge is 0.393 e. The second-order valence-electron chi connectivity index (χ2n) is 15.0. The summed E-state index contributed by atoms with van der Waals surface area (Å²) < 4.78 is 33.1. The molecule has 3 fully saturated rings. The van der Waals surface area contributed by atoms with Gasteiger partial charge < -0.3 is 19.8 Å². The van der Waals surface area contributed by atoms with E-state index in [0.717, 1.165) is 80.7 Å². The first kappa shape index (κ1) is 31.0. The number of piperidine rings is 1. The molecule has 9 nitrogen and oxygen atoms in total. The van der Waals surface area contributed by atoms with Gasteiger partial charge in [-0.25, -0.2) is 8.78 Å². The summed E-state index contributed by atoms with van der Waals surface area (Å²) >= 11 is 0. The van der Waals surface area contributed by atoms with Crippen molar-refractivity contribution in [1.29, 1.82) is 0 Å². The zero-order chi connectivity index (χ0) is 32.4. The standard InChI is InChI=1S/C36H47F2N7O2/c1-23(46)43-15-9-32-31(22-43)35(40-45(32)27-7-13-42(14-8-27)26-5-10-36(11-6-26)18-28(47)19-36)44-12-3-4-24-16-29(25-20-39-41(2)21-25)30(34(37)38)17-33(24)44/h16-17,20-21,26-28,34,47H,3-15,18-19,22H2,1-2H3. The maximum absolute atomic E-state index is 14.6. The number of benzene rings is 1. The van der Waals surface area contributed by atoms with E-state index in [1.165, 1.54) is 31.4 Å². The van der Waals surface area contributed by atoms with E-state index in [0.29, 0.717) is 42.2 Å². The van der Waals surface area contributed by atoms with E-state index in [9.17, 15) is 18.7 Å². The van der Waals surface area contributed by atoms with Crippen LogP contribution in [-0.4, -0.2) is 78.7 Å². The van der Waals surface area contributed by atoms with Crippen LogP contribution in [0.5, 0.6) is 0 Å². The molecule has 1 aromatic carbocycles. The topological polar surface area (TPSA) is 82.7 Å². The van der Waals surface area contributed by atoms with Gasteiger partial charge in [-0.2, -0.15) is 10.2 Å². The molecule has 1 spiro atoms. The number of carbonyl (C=O) groups excluding carboxylic acids is 1. The highest BCUT2D eigenvalue weighted by Crippen LogP contribution is 2.52. The monoisotopic (exact) mass is 647 g/mol. The number of likely N-dealkylation sites (tertiary alicyclic amines) is 1. The van der Waals surface area contributed by atoms with Crippen LogP contribution in [0.3, 0.4) is 0 Å². The van der Waals surface area contributed by atoms with Gasteiger partial charge in [0.05, 0.1) is 24.9 Å². The van der Waals surface area contributed by atoms with E-state index >= 15 is 0 Å². The molecule has 0 unspecified atom stereocenters. The number of nitrogens with zero attached hydrogens (tertiary/aromatic N) is 7. The number of alkyl halides is 2. The molecule has 0 radical (unpaired) electrons. The van der Waals surface area contributed by atoms with Crippen LogP contribution in [0, 0.1) is 5.41 Å². The number of aromatic nitrogens is 4. The summed E-state index contributed by atoms with van der Waals surface area (Å²) in [4.78, 5) is 19.3. The van der Waals surface area contributed by atoms with Crippen LogP contribution in [0.1, 0.15) is 99.6 Å². The summed E-state index contributed by atoms with van der Waals surface area (Å²) in [6, 6.07) is 4.52. The molecule has 3 aromatic rings. The number of anilines is 2. The van der Waals surface area contributed by atoms with Gasteiger partial charge in [0.25, 0.3) is 6.43 Å². The minimum Gasteiger partial charge on any atom is -0.393 e. The zero-order valence-electron chi connectivity index (χ0n) is 27.7. The molecule has 5 aliphatic rings. The van der Waals surface area contributed by atoms with Gasteiger partial charge in [-0.1, -0.05) is 0 Å². The van der Waals surface area contributed by atoms with Gasteiger partial charge in [0.15, 0.2) is 5.82 Å². The molecule has 2 aromatic heterocycles. The molecule has 2 aliphatic carbocycles. The van der Waals surface area contributed by atoms with Gasteiger partial charge >= 0.3 is 0 Å². The first-order valence-electron chi connectivity index (χ1n) is 17.7. The zero-order valence-corrected chi connectivity index (χ0v) is 27.7. The van der Waals surface area contributed by atoms with Gasteiger partial charge in [-0.3, -0.25) is 14.2 Å². The van der Waals surface area contributed by atoms with Crippen molar-refractivity contribution in [2.45, 2.75) is 109 Å². The summed E-state index contributed by atoms with van der Waals surface area (Å²) in [5.74, 6) is 0.873. The van der Waals surface area contributed by atoms with Crippen molar-refractivity contribution in [1.82, 2.24) is 29.4 Å². The van der Waals surface area contributed by atoms with Crippen LogP contribution in [-0.2, 0) is 31.2 Å². The van der Waals surface area contributed by atoms with E-state index in [1.807, 2.05) is 11.0 Å². The van der Waals surface area contributed by atoms with Crippen LogP contribution in [0.4, 0.5) is 20.3 Å². The summed E-state index contributed by atoms with van der Waals surface area (Å²) in [5, 5.41) is 19.5. The number of aryl methyl sites for hydroxylation is 2. The van der Waals surface area contributed by atoms with Crippen molar-refractivity contribution in [3.63, 3.8) is 0 Å². The highest BCUT2D eigenvalue weighted by atomic mass is 19.3. The summed E-state index contributed by atoms with van der Waals surface area (Å²) in [7, 11) is 1.80. The Bertz CT molecular complexity index is 1640. The second kappa shape index (κ2) is 12.0. The van der Waals surface area contributed by atoms with Gasteiger partial charge in [-0.15, -0.1) is 0 Å². The predicted molar refractivity (Wildman–Crippen MR) is 176 cm³/mol. The van der Waals surface area contributed by atoms with Gasteiger partial charge in [0.1, 0.15) is 0 Å². The summed E-state index contributed by atoms with van der Waals surface area (Å²) in [6.07, 6.45) is 12.2. The number of hydrogen-bond acceptors (Lipinski definition) is 6. The average molecular weight is 648 g/mol. The van der Waals surface area contributed by atoms with E-state index in [-0.39, 0.29) is 23.6 Å². The first-order chi connectivity index (χ1) is 22.7. The minimum absolute atomic E-state index is 0.0109. The van der Waals surface area contributed by atoms with E-state index in [4.69, 9.17) is 5.10 Å². The molecule has 0 atom stereocenters. The number of carbonyl (C=O) groups is 1. The molecule has 8 rings (SSSR count). The Morgan fingerprint density at radius 2 is 1.79 bits per heavy atom. The van der Waals surface area contributed by atoms with Crippen molar-refractivity contribution in [2.24, 2.45) is 12.5 Å². The lowest BCUT2D eigenvalue weighted by molar-refractivity contribution is -0.129. The highest BCUT2D eigenvalue weighted by Gasteiger charge is 2.46. The van der Waals surface area contributed by atoms with Crippen molar-refractivity contribution in [2.75, 3.05) is 31.1 Å². The fourth-order valence-corrected chi connectivity index (χ4v) is 9.50. The molecule has 11 heteroatoms. The van der Waals surface area contributed by atoms with Crippen LogP contribution in [0.25, 0.3) is 11.1 Å². The normalized spacial score (nSPS) is 26.9. The number of aliphatic hydroxyl groups is 1. The maximum atomic E-state index is 14.6. The third kappa shape index (κ3) is 5.57. The van der Waals surface area contributed by atoms with Crippen molar-refractivity contribution in [3.8, 4) is 11.1 Å². The number of fused-ring (bicyclic) bond motifs is 2. The Balaban J connectivity index is 1.08. The summed E-state index contributed by atoms with van der Waals surface area (Å²) in [6.45, 7) is 5.59. The molecular formula is C36H47F2N7O2. The molecule has 3 aliphatic heterocycles. The molecule has 47 heavy (non-hydrogen) atoms. The van der Waals surface area contributed by atoms with E-state index in [2.05, 4.69) is 19.6 Å². The SMILES string of the molecule is CC(=O)N1CCc2c(c(N3CCCc4cc(-c5cnn(C)c5)c(C(F)F)cc43)nn2C2CCN(C3CCC4(CC3)CC(O)C4)CC2)C1. The fraction of sp³-hybridized carbons (Fsp3) is 0.639. The Kier molecular flexibility index (Phi) is 7.90. The number of rotatable bonds is 5. The lowest BCUT2D eigenvalue weighted by Crippen LogP contribution is -2.49. The Morgan fingerprint density at radius 1 is 1.02 bits per heavy atom. The van der Waals surface area contributed by atoms with Crippen LogP contribution in [0.15, 0.2) is 24.5 Å². The van der Waals surface area contributed by atoms with Crippen molar-refractivity contribution < 1.29 is 18.7 Å². The molecule has 1 amide bonds. The molecule has 1 saturated heterocycles. The Hall–Kier alpha value is -3.31. The van der Waals surface area contributed by atoms with E-state index < -0.39 is 6.43 Å². The lowest BCUT2D eigenvalue weighted by Gasteiger charge is -2.51. The average Bonchev–Trinajstić information content (AvgIpc) is 3.67. The van der Waals surface area contributed by atoms with Gasteiger partial charge in [0, 0.05) is 86.9 Å². The van der Waals surface area contributed by atoms with Gasteiger partial charge in [0.2, 0.25) is 5.91 Å². The quantitative estimate of drug-likeness (QED) is 0.370. The van der Waals surface area contributed by atoms with Crippen molar-refractivity contribution >= 4 is 17.4 Å². The highest BCUT2D eigenvalue weighted by molar-refractivity contribution is 5.78. The third-order valence-corrected chi connectivity index (χ3v) is 12.1. The number of halogens is 2. The third-order valence-electron chi connectivity index (χ3n) is 12.1. The number of amides is 1. The molecule has 5 heterocycles. The van der Waals surface area contributed by atoms with Crippen LogP contribution >= 0.6 is 0 Å². The lowest BCUT2D eigenvalue weighted by atomic mass is 9.58. The molecule has 1 N–H and O–H groups in total. The second-order valence-corrected chi connectivity index (χ2v) is 15.0.